The second kappa shape index (κ2) is 19.6. The second-order valence-electron chi connectivity index (χ2n) is 17.2. The number of benzene rings is 6. The number of ether oxygens (including phenoxy) is 6. The molecular formula is C55H60O6P2. The first-order valence-electron chi connectivity index (χ1n) is 22.4. The van der Waals surface area contributed by atoms with Gasteiger partial charge in [0.1, 0.15) is 0 Å². The standard InChI is InChI=1S/C55H60O6P2/c1-37-51(58-33-41-21-11-7-12-22-41)52(59-34-42-23-13-8-14-24-42)38(2)62(37)47-31-19-29-45-49(47)50-46(55(45,56-5)57-6)30-20-32-48(50)63-39(3)53(60-35-43-25-15-9-16-26-43)54(40(63)4)61-36-44-27-17-10-18-28-44/h7-32,37-40,51-54H,33-36H2,1-6H3/t37-,38-,39-,40-,51+,52+,53+,54+/m0/s1. The zero-order valence-electron chi connectivity index (χ0n) is 37.3. The zero-order chi connectivity index (χ0) is 43.5. The Morgan fingerprint density at radius 1 is 0.365 bits per heavy atom. The SMILES string of the molecule is COC1(OC)c2cccc(P3[C@@H](C)[C@@H](OCc4ccccc4)[C@H](OCc4ccccc4)[C@@H]3C)c2-c2c(P3[C@@H](C)[C@@H](OCc4ccccc4)[C@H](OCc4ccccc4)[C@@H]3C)cccc21. The molecule has 3 aliphatic rings. The largest absolute Gasteiger partial charge is 0.370 e. The summed E-state index contributed by atoms with van der Waals surface area (Å²) in [5, 5.41) is 2.71. The molecule has 6 aromatic rings. The fourth-order valence-corrected chi connectivity index (χ4v) is 17.6. The van der Waals surface area contributed by atoms with E-state index >= 15 is 0 Å². The Kier molecular flexibility index (Phi) is 13.7. The van der Waals surface area contributed by atoms with Crippen molar-refractivity contribution in [1.82, 2.24) is 0 Å². The minimum Gasteiger partial charge on any atom is -0.370 e. The molecule has 0 N–H and O–H groups in total. The van der Waals surface area contributed by atoms with Crippen molar-refractivity contribution in [3.63, 3.8) is 0 Å². The van der Waals surface area contributed by atoms with Crippen molar-refractivity contribution in [2.75, 3.05) is 14.2 Å². The fraction of sp³-hybridized carbons (Fsp3) is 0.345. The molecule has 2 heterocycles. The molecular weight excluding hydrogens is 819 g/mol. The number of rotatable bonds is 16. The zero-order valence-corrected chi connectivity index (χ0v) is 39.1. The van der Waals surface area contributed by atoms with Crippen LogP contribution in [0.5, 0.6) is 0 Å². The van der Waals surface area contributed by atoms with Crippen LogP contribution in [0.3, 0.4) is 0 Å². The van der Waals surface area contributed by atoms with Crippen LogP contribution in [0.15, 0.2) is 158 Å². The smallest absolute Gasteiger partial charge is 0.223 e. The summed E-state index contributed by atoms with van der Waals surface area (Å²) in [5.41, 5.74) is 10.1. The first-order chi connectivity index (χ1) is 30.8. The highest BCUT2D eigenvalue weighted by atomic mass is 31.1. The molecule has 8 heteroatoms. The van der Waals surface area contributed by atoms with E-state index in [0.717, 1.165) is 11.1 Å². The van der Waals surface area contributed by atoms with E-state index in [-0.39, 0.29) is 47.1 Å². The maximum Gasteiger partial charge on any atom is 0.223 e. The molecule has 0 unspecified atom stereocenters. The summed E-state index contributed by atoms with van der Waals surface area (Å²) in [6.45, 7) is 11.7. The van der Waals surface area contributed by atoms with Crippen LogP contribution in [0, 0.1) is 0 Å². The Labute approximate surface area is 376 Å². The lowest BCUT2D eigenvalue weighted by atomic mass is 10.0. The summed E-state index contributed by atoms with van der Waals surface area (Å²) in [7, 11) is 1.94. The first-order valence-corrected chi connectivity index (χ1v) is 25.4. The van der Waals surface area contributed by atoms with Crippen LogP contribution < -0.4 is 10.6 Å². The van der Waals surface area contributed by atoms with Gasteiger partial charge < -0.3 is 28.4 Å². The van der Waals surface area contributed by atoms with Gasteiger partial charge in [0.15, 0.2) is 0 Å². The van der Waals surface area contributed by atoms with Gasteiger partial charge in [-0.3, -0.25) is 0 Å². The van der Waals surface area contributed by atoms with Crippen molar-refractivity contribution in [2.45, 2.75) is 107 Å². The highest BCUT2D eigenvalue weighted by molar-refractivity contribution is 7.68. The van der Waals surface area contributed by atoms with E-state index in [1.807, 2.05) is 0 Å². The number of methoxy groups -OCH3 is 2. The van der Waals surface area contributed by atoms with Gasteiger partial charge in [-0.25, -0.2) is 0 Å². The molecule has 0 amide bonds. The van der Waals surface area contributed by atoms with Crippen molar-refractivity contribution in [3.8, 4) is 11.1 Å². The minimum absolute atomic E-state index is 0.0964. The van der Waals surface area contributed by atoms with Crippen molar-refractivity contribution in [3.05, 3.63) is 191 Å². The summed E-state index contributed by atoms with van der Waals surface area (Å²) < 4.78 is 41.1. The Bertz CT molecular complexity index is 2140. The van der Waals surface area contributed by atoms with Crippen LogP contribution in [0.1, 0.15) is 61.1 Å². The molecule has 6 nitrogen and oxygen atoms in total. The lowest BCUT2D eigenvalue weighted by Gasteiger charge is -2.30. The Hall–Kier alpha value is -4.06. The topological polar surface area (TPSA) is 55.4 Å². The highest BCUT2D eigenvalue weighted by Gasteiger charge is 2.55. The Morgan fingerprint density at radius 2 is 0.635 bits per heavy atom. The lowest BCUT2D eigenvalue weighted by Crippen LogP contribution is -2.36. The van der Waals surface area contributed by atoms with Crippen LogP contribution in [-0.4, -0.2) is 61.3 Å². The quantitative estimate of drug-likeness (QED) is 0.0713. The third kappa shape index (κ3) is 8.51. The maximum atomic E-state index is 6.98. The van der Waals surface area contributed by atoms with Gasteiger partial charge in [-0.1, -0.05) is 201 Å². The molecule has 2 saturated heterocycles. The molecule has 326 valence electrons. The highest BCUT2D eigenvalue weighted by Crippen LogP contribution is 2.63. The third-order valence-electron chi connectivity index (χ3n) is 13.6. The summed E-state index contributed by atoms with van der Waals surface area (Å²) >= 11 is 0. The van der Waals surface area contributed by atoms with Crippen molar-refractivity contribution in [2.24, 2.45) is 0 Å². The van der Waals surface area contributed by atoms with Crippen molar-refractivity contribution in [1.29, 1.82) is 0 Å². The molecule has 0 spiro atoms. The van der Waals surface area contributed by atoms with Gasteiger partial charge >= 0.3 is 0 Å². The number of hydrogen-bond donors (Lipinski definition) is 0. The number of fused-ring (bicyclic) bond motifs is 3. The van der Waals surface area contributed by atoms with Crippen molar-refractivity contribution < 1.29 is 28.4 Å². The van der Waals surface area contributed by atoms with E-state index in [1.54, 1.807) is 14.2 Å². The second-order valence-corrected chi connectivity index (χ2v) is 23.1. The van der Waals surface area contributed by atoms with E-state index in [0.29, 0.717) is 26.4 Å². The van der Waals surface area contributed by atoms with Gasteiger partial charge in [-0.2, -0.15) is 0 Å². The summed E-state index contributed by atoms with van der Waals surface area (Å²) in [6, 6.07) is 55.6. The molecule has 2 fully saturated rings. The van der Waals surface area contributed by atoms with E-state index in [1.165, 1.54) is 44.0 Å². The van der Waals surface area contributed by atoms with Gasteiger partial charge in [0.25, 0.3) is 0 Å². The molecule has 0 bridgehead atoms. The predicted octanol–water partition coefficient (Wildman–Crippen LogP) is 11.3. The average molecular weight is 879 g/mol. The van der Waals surface area contributed by atoms with Gasteiger partial charge in [0.2, 0.25) is 5.79 Å². The molecule has 63 heavy (non-hydrogen) atoms. The molecule has 2 aliphatic heterocycles. The van der Waals surface area contributed by atoms with Gasteiger partial charge in [-0.05, 0) is 44.0 Å². The number of hydrogen-bond acceptors (Lipinski definition) is 6. The molecule has 1 aliphatic carbocycles. The summed E-state index contributed by atoms with van der Waals surface area (Å²) in [5.74, 6) is -1.06. The molecule has 0 radical (unpaired) electrons. The van der Waals surface area contributed by atoms with E-state index in [9.17, 15) is 0 Å². The van der Waals surface area contributed by atoms with Crippen LogP contribution in [0.25, 0.3) is 11.1 Å². The monoisotopic (exact) mass is 878 g/mol. The van der Waals surface area contributed by atoms with Crippen molar-refractivity contribution >= 4 is 26.5 Å². The van der Waals surface area contributed by atoms with Crippen LogP contribution in [-0.2, 0) is 60.6 Å². The molecule has 9 rings (SSSR count). The predicted molar refractivity (Wildman–Crippen MR) is 258 cm³/mol. The molecule has 0 aromatic heterocycles. The normalized spacial score (nSPS) is 27.0. The molecule has 8 atom stereocenters. The maximum absolute atomic E-state index is 6.98. The first kappa shape index (κ1) is 44.2. The Morgan fingerprint density at radius 3 is 0.889 bits per heavy atom. The van der Waals surface area contributed by atoms with E-state index in [2.05, 4.69) is 185 Å². The van der Waals surface area contributed by atoms with E-state index in [4.69, 9.17) is 28.4 Å². The molecule has 6 aromatic carbocycles. The average Bonchev–Trinajstić information content (AvgIpc) is 3.86. The summed E-state index contributed by atoms with van der Waals surface area (Å²) in [4.78, 5) is 0. The minimum atomic E-state index is -1.06. The van der Waals surface area contributed by atoms with Gasteiger partial charge in [0, 0.05) is 48.0 Å². The van der Waals surface area contributed by atoms with Crippen LogP contribution >= 0.6 is 15.8 Å². The molecule has 0 saturated carbocycles. The third-order valence-corrected chi connectivity index (χ3v) is 20.2. The Balaban J connectivity index is 1.12. The fourth-order valence-electron chi connectivity index (χ4n) is 10.6. The van der Waals surface area contributed by atoms with Crippen LogP contribution in [0.2, 0.25) is 0 Å². The van der Waals surface area contributed by atoms with Gasteiger partial charge in [0.05, 0.1) is 50.8 Å². The van der Waals surface area contributed by atoms with Crippen LogP contribution in [0.4, 0.5) is 0 Å². The van der Waals surface area contributed by atoms with Gasteiger partial charge in [-0.15, -0.1) is 0 Å². The van der Waals surface area contributed by atoms with E-state index < -0.39 is 21.6 Å². The summed E-state index contributed by atoms with van der Waals surface area (Å²) in [6.07, 6.45) is -0.386. The lowest BCUT2D eigenvalue weighted by molar-refractivity contribution is -0.180.